The molecule has 0 spiro atoms. The molecule has 0 amide bonds. The van der Waals surface area contributed by atoms with Gasteiger partial charge in [-0.15, -0.1) is 0 Å². The van der Waals surface area contributed by atoms with Crippen molar-refractivity contribution in [2.24, 2.45) is 0 Å². The minimum Gasteiger partial charge on any atom is -0.478 e. The van der Waals surface area contributed by atoms with E-state index in [0.29, 0.717) is 0 Å². The van der Waals surface area contributed by atoms with Crippen LogP contribution in [0.25, 0.3) is 0 Å². The van der Waals surface area contributed by atoms with E-state index in [1.807, 2.05) is 18.2 Å². The molecule has 1 unspecified atom stereocenters. The molecule has 1 heterocycles. The molecule has 2 N–H and O–H groups in total. The number of aliphatic hydroxyl groups excluding tert-OH is 1. The zero-order valence-electron chi connectivity index (χ0n) is 22.1. The van der Waals surface area contributed by atoms with Crippen molar-refractivity contribution in [1.82, 2.24) is 0 Å². The average Bonchev–Trinajstić information content (AvgIpc) is 2.94. The van der Waals surface area contributed by atoms with Gasteiger partial charge in [-0.05, 0) is 76.3 Å². The Morgan fingerprint density at radius 1 is 0.861 bits per heavy atom. The third-order valence-corrected chi connectivity index (χ3v) is 8.48. The number of aromatic carboxylic acids is 1. The van der Waals surface area contributed by atoms with Gasteiger partial charge in [-0.2, -0.15) is 0 Å². The highest BCUT2D eigenvalue weighted by Crippen LogP contribution is 2.52. The van der Waals surface area contributed by atoms with E-state index in [4.69, 9.17) is 0 Å². The first kappa shape index (κ1) is 24.4. The molecule has 5 rings (SSSR count). The fourth-order valence-corrected chi connectivity index (χ4v) is 6.05. The van der Waals surface area contributed by atoms with Crippen LogP contribution >= 0.6 is 0 Å². The number of carboxylic acids is 1. The van der Waals surface area contributed by atoms with E-state index in [-0.39, 0.29) is 29.0 Å². The molecule has 5 heteroatoms. The fraction of sp³-hybridized carbons (Fsp3) is 0.387. The molecule has 0 radical (unpaired) electrons. The summed E-state index contributed by atoms with van der Waals surface area (Å²) in [6, 6.07) is 18.1. The molecule has 5 nitrogen and oxygen atoms in total. The van der Waals surface area contributed by atoms with Crippen LogP contribution < -0.4 is 9.80 Å². The minimum absolute atomic E-state index is 0.0214. The van der Waals surface area contributed by atoms with Crippen LogP contribution in [0.1, 0.15) is 84.8 Å². The fourth-order valence-electron chi connectivity index (χ4n) is 6.05. The monoisotopic (exact) mass is 484 g/mol. The van der Waals surface area contributed by atoms with Crippen LogP contribution in [-0.4, -0.2) is 30.3 Å². The van der Waals surface area contributed by atoms with Crippen LogP contribution in [0, 0.1) is 0 Å². The number of carbonyl (C=O) groups is 1. The second-order valence-electron chi connectivity index (χ2n) is 11.7. The predicted molar refractivity (Wildman–Crippen MR) is 146 cm³/mol. The molecule has 0 bridgehead atoms. The van der Waals surface area contributed by atoms with Gasteiger partial charge in [0.15, 0.2) is 0 Å². The highest BCUT2D eigenvalue weighted by molar-refractivity contribution is 5.88. The van der Waals surface area contributed by atoms with Gasteiger partial charge in [-0.3, -0.25) is 0 Å². The Hall–Kier alpha value is -3.31. The Morgan fingerprint density at radius 3 is 2.06 bits per heavy atom. The Morgan fingerprint density at radius 2 is 1.47 bits per heavy atom. The first-order valence-corrected chi connectivity index (χ1v) is 12.7. The summed E-state index contributed by atoms with van der Waals surface area (Å²) in [6.45, 7) is 9.36. The zero-order valence-corrected chi connectivity index (χ0v) is 22.1. The van der Waals surface area contributed by atoms with Crippen molar-refractivity contribution in [3.05, 3.63) is 88.0 Å². The average molecular weight is 485 g/mol. The smallest absolute Gasteiger partial charge is 0.335 e. The molecule has 3 aromatic carbocycles. The predicted octanol–water partition coefficient (Wildman–Crippen LogP) is 6.53. The van der Waals surface area contributed by atoms with Gasteiger partial charge < -0.3 is 20.0 Å². The van der Waals surface area contributed by atoms with Crippen molar-refractivity contribution >= 4 is 23.0 Å². The first-order chi connectivity index (χ1) is 16.9. The number of anilines is 3. The molecule has 0 aromatic heterocycles. The van der Waals surface area contributed by atoms with Crippen LogP contribution in [-0.2, 0) is 17.4 Å². The summed E-state index contributed by atoms with van der Waals surface area (Å²) in [5.41, 5.74) is 9.60. The van der Waals surface area contributed by atoms with Crippen molar-refractivity contribution in [2.45, 2.75) is 64.0 Å². The van der Waals surface area contributed by atoms with Gasteiger partial charge in [-0.1, -0.05) is 52.0 Å². The number of rotatable bonds is 3. The molecule has 1 aliphatic heterocycles. The Kier molecular flexibility index (Phi) is 5.68. The summed E-state index contributed by atoms with van der Waals surface area (Å²) in [7, 11) is 4.21. The molecular weight excluding hydrogens is 448 g/mol. The molecule has 36 heavy (non-hydrogen) atoms. The van der Waals surface area contributed by atoms with E-state index in [1.165, 1.54) is 16.7 Å². The van der Waals surface area contributed by atoms with E-state index in [9.17, 15) is 15.0 Å². The summed E-state index contributed by atoms with van der Waals surface area (Å²) < 4.78 is 0. The molecule has 188 valence electrons. The van der Waals surface area contributed by atoms with E-state index in [2.05, 4.69) is 75.9 Å². The molecule has 3 aromatic rings. The van der Waals surface area contributed by atoms with E-state index < -0.39 is 5.97 Å². The molecule has 1 aliphatic carbocycles. The first-order valence-electron chi connectivity index (χ1n) is 12.7. The summed E-state index contributed by atoms with van der Waals surface area (Å²) in [6.07, 6.45) is 2.28. The van der Waals surface area contributed by atoms with Gasteiger partial charge in [-0.25, -0.2) is 4.79 Å². The number of hydrogen-bond acceptors (Lipinski definition) is 4. The van der Waals surface area contributed by atoms with Crippen molar-refractivity contribution < 1.29 is 15.0 Å². The second kappa shape index (κ2) is 8.38. The molecule has 0 saturated carbocycles. The van der Waals surface area contributed by atoms with Gasteiger partial charge in [0, 0.05) is 25.3 Å². The van der Waals surface area contributed by atoms with E-state index in [1.54, 1.807) is 12.1 Å². The normalized spacial score (nSPS) is 19.7. The lowest BCUT2D eigenvalue weighted by atomic mass is 9.62. The maximum Gasteiger partial charge on any atom is 0.335 e. The topological polar surface area (TPSA) is 64.0 Å². The van der Waals surface area contributed by atoms with Gasteiger partial charge in [0.25, 0.3) is 0 Å². The largest absolute Gasteiger partial charge is 0.478 e. The summed E-state index contributed by atoms with van der Waals surface area (Å²) in [4.78, 5) is 16.1. The number of fused-ring (bicyclic) bond motifs is 3. The van der Waals surface area contributed by atoms with Gasteiger partial charge in [0.05, 0.1) is 29.6 Å². The lowest BCUT2D eigenvalue weighted by Gasteiger charge is -2.43. The van der Waals surface area contributed by atoms with Crippen molar-refractivity contribution in [2.75, 3.05) is 23.9 Å². The number of carboxylic acid groups (broad SMARTS) is 1. The van der Waals surface area contributed by atoms with Gasteiger partial charge in [0.2, 0.25) is 0 Å². The number of hydrogen-bond donors (Lipinski definition) is 2. The molecule has 2 aliphatic rings. The Labute approximate surface area is 214 Å². The van der Waals surface area contributed by atoms with E-state index >= 15 is 0 Å². The number of nitrogens with zero attached hydrogens (tertiary/aromatic N) is 2. The second-order valence-corrected chi connectivity index (χ2v) is 11.7. The standard InChI is InChI=1S/C31H36N2O3/c1-30(2)13-14-31(3,4)24-17-26-22(16-23(24)30)28(20-8-10-21(11-9-20)29(35)36)33(6)27-15-19(18-34)7-12-25(27)32(26)5/h7-12,15-17,28,34H,13-14,18H2,1-6H3,(H,35,36). The Balaban J connectivity index is 1.81. The minimum atomic E-state index is -0.924. The third kappa shape index (κ3) is 3.77. The zero-order chi connectivity index (χ0) is 26.0. The maximum absolute atomic E-state index is 11.5. The third-order valence-electron chi connectivity index (χ3n) is 8.48. The van der Waals surface area contributed by atoms with Gasteiger partial charge in [0.1, 0.15) is 0 Å². The molecular formula is C31H36N2O3. The summed E-state index contributed by atoms with van der Waals surface area (Å²) in [5, 5.41) is 19.3. The molecule has 0 saturated heterocycles. The van der Waals surface area contributed by atoms with Crippen molar-refractivity contribution in [3.8, 4) is 0 Å². The van der Waals surface area contributed by atoms with Crippen LogP contribution in [0.4, 0.5) is 17.1 Å². The number of aliphatic hydroxyl groups is 1. The van der Waals surface area contributed by atoms with Crippen LogP contribution in [0.2, 0.25) is 0 Å². The highest BCUT2D eigenvalue weighted by atomic mass is 16.4. The lowest BCUT2D eigenvalue weighted by molar-refractivity contribution is 0.0697. The quantitative estimate of drug-likeness (QED) is 0.442. The highest BCUT2D eigenvalue weighted by Gasteiger charge is 2.40. The van der Waals surface area contributed by atoms with Crippen LogP contribution in [0.15, 0.2) is 54.6 Å². The summed E-state index contributed by atoms with van der Waals surface area (Å²) >= 11 is 0. The summed E-state index contributed by atoms with van der Waals surface area (Å²) in [5.74, 6) is -0.924. The van der Waals surface area contributed by atoms with Crippen LogP contribution in [0.5, 0.6) is 0 Å². The van der Waals surface area contributed by atoms with Crippen molar-refractivity contribution in [1.29, 1.82) is 0 Å². The van der Waals surface area contributed by atoms with E-state index in [0.717, 1.165) is 41.0 Å². The number of benzene rings is 3. The van der Waals surface area contributed by atoms with Gasteiger partial charge >= 0.3 is 5.97 Å². The maximum atomic E-state index is 11.5. The van der Waals surface area contributed by atoms with Crippen molar-refractivity contribution in [3.63, 3.8) is 0 Å². The SMILES string of the molecule is CN1c2cc3c(cc2C(c2ccc(C(=O)O)cc2)N(C)c2cc(CO)ccc21)C(C)(C)CCC3(C)C. The lowest BCUT2D eigenvalue weighted by Crippen LogP contribution is -2.35. The molecule has 0 fully saturated rings. The Bertz CT molecular complexity index is 1340. The van der Waals surface area contributed by atoms with Crippen LogP contribution in [0.3, 0.4) is 0 Å². The molecule has 1 atom stereocenters.